The molecule has 1 aromatic carbocycles. The lowest BCUT2D eigenvalue weighted by Crippen LogP contribution is -2.43. The number of halogens is 2. The number of benzene rings is 1. The molecule has 2 nitrogen and oxygen atoms in total. The minimum absolute atomic E-state index is 0.0148. The Bertz CT molecular complexity index is 495. The molecule has 20 heavy (non-hydrogen) atoms. The van der Waals surface area contributed by atoms with Gasteiger partial charge in [0, 0.05) is 11.1 Å². The molecule has 1 saturated carbocycles. The van der Waals surface area contributed by atoms with Crippen molar-refractivity contribution < 1.29 is 4.21 Å². The van der Waals surface area contributed by atoms with Gasteiger partial charge in [-0.2, -0.15) is 0 Å². The zero-order chi connectivity index (χ0) is 14.7. The van der Waals surface area contributed by atoms with Crippen LogP contribution in [-0.4, -0.2) is 15.5 Å². The molecule has 0 saturated heterocycles. The summed E-state index contributed by atoms with van der Waals surface area (Å²) < 4.78 is 12.8. The highest BCUT2D eigenvalue weighted by Crippen LogP contribution is 2.34. The molecule has 5 heteroatoms. The van der Waals surface area contributed by atoms with Crippen LogP contribution in [0.5, 0.6) is 0 Å². The molecule has 4 unspecified atom stereocenters. The predicted octanol–water partition coefficient (Wildman–Crippen LogP) is 4.40. The van der Waals surface area contributed by atoms with Crippen LogP contribution >= 0.6 is 23.2 Å². The smallest absolute Gasteiger partial charge is 0.0592 e. The molecule has 0 spiro atoms. The van der Waals surface area contributed by atoms with Crippen molar-refractivity contribution in [1.29, 1.82) is 0 Å². The molecule has 1 aromatic rings. The molecule has 0 aromatic heterocycles. The highest BCUT2D eigenvalue weighted by Gasteiger charge is 2.33. The summed E-state index contributed by atoms with van der Waals surface area (Å²) in [5.74, 6) is 0.631. The molecule has 4 atom stereocenters. The van der Waals surface area contributed by atoms with Crippen molar-refractivity contribution in [2.75, 3.05) is 0 Å². The van der Waals surface area contributed by atoms with E-state index in [1.54, 1.807) is 18.2 Å². The molecule has 112 valence electrons. The molecule has 2 rings (SSSR count). The van der Waals surface area contributed by atoms with Gasteiger partial charge in [-0.3, -0.25) is 4.21 Å². The lowest BCUT2D eigenvalue weighted by molar-refractivity contribution is 0.313. The second-order valence-corrected chi connectivity index (χ2v) is 8.03. The highest BCUT2D eigenvalue weighted by molar-refractivity contribution is 7.85. The molecule has 1 fully saturated rings. The highest BCUT2D eigenvalue weighted by atomic mass is 35.5. The zero-order valence-corrected chi connectivity index (χ0v) is 14.0. The van der Waals surface area contributed by atoms with E-state index in [1.807, 2.05) is 0 Å². The first-order valence-electron chi connectivity index (χ1n) is 7.14. The van der Waals surface area contributed by atoms with Crippen LogP contribution in [-0.2, 0) is 10.8 Å². The van der Waals surface area contributed by atoms with E-state index in [1.165, 1.54) is 6.42 Å². The zero-order valence-electron chi connectivity index (χ0n) is 11.6. The summed E-state index contributed by atoms with van der Waals surface area (Å²) in [6.07, 6.45) is 5.36. The Balaban J connectivity index is 2.19. The van der Waals surface area contributed by atoms with Gasteiger partial charge in [0.05, 0.1) is 26.0 Å². The van der Waals surface area contributed by atoms with Crippen LogP contribution in [0.25, 0.3) is 0 Å². The third-order valence-corrected chi connectivity index (χ3v) is 6.57. The van der Waals surface area contributed by atoms with E-state index in [0.717, 1.165) is 25.7 Å². The predicted molar refractivity (Wildman–Crippen MR) is 86.9 cm³/mol. The van der Waals surface area contributed by atoms with E-state index < -0.39 is 10.8 Å². The molecule has 1 aliphatic carbocycles. The Morgan fingerprint density at radius 3 is 2.80 bits per heavy atom. The number of nitrogens with two attached hydrogens (primary N) is 1. The van der Waals surface area contributed by atoms with E-state index in [4.69, 9.17) is 28.9 Å². The minimum Gasteiger partial charge on any atom is -0.327 e. The fourth-order valence-electron chi connectivity index (χ4n) is 2.95. The average molecular weight is 334 g/mol. The molecule has 0 radical (unpaired) electrons. The maximum absolute atomic E-state index is 12.8. The summed E-state index contributed by atoms with van der Waals surface area (Å²) >= 11 is 12.2. The Labute approximate surface area is 133 Å². The summed E-state index contributed by atoms with van der Waals surface area (Å²) in [6.45, 7) is 2.19. The number of hydrogen-bond acceptors (Lipinski definition) is 2. The lowest BCUT2D eigenvalue weighted by Gasteiger charge is -2.33. The summed E-state index contributed by atoms with van der Waals surface area (Å²) in [7, 11) is -1.19. The topological polar surface area (TPSA) is 43.1 Å². The quantitative estimate of drug-likeness (QED) is 0.887. The van der Waals surface area contributed by atoms with Crippen LogP contribution in [0.4, 0.5) is 0 Å². The van der Waals surface area contributed by atoms with Crippen LogP contribution in [0.2, 0.25) is 10.0 Å². The fourth-order valence-corrected chi connectivity index (χ4v) is 5.26. The molecule has 0 amide bonds. The Hall–Kier alpha value is -0.0900. The van der Waals surface area contributed by atoms with Gasteiger partial charge in [0.15, 0.2) is 0 Å². The molecule has 1 aliphatic rings. The van der Waals surface area contributed by atoms with Crippen molar-refractivity contribution in [2.45, 2.75) is 55.2 Å². The van der Waals surface area contributed by atoms with E-state index in [-0.39, 0.29) is 11.3 Å². The number of hydrogen-bond donors (Lipinski definition) is 1. The standard InChI is InChI=1S/C15H21Cl2NOS/c1-2-3-10-4-7-13(18)15(8-10)20(19)14-9-11(16)5-6-12(14)17/h5-6,9-10,13,15H,2-4,7-8,18H2,1H3. The van der Waals surface area contributed by atoms with Crippen molar-refractivity contribution in [3.05, 3.63) is 28.2 Å². The van der Waals surface area contributed by atoms with Gasteiger partial charge >= 0.3 is 0 Å². The largest absolute Gasteiger partial charge is 0.327 e. The molecule has 0 bridgehead atoms. The van der Waals surface area contributed by atoms with Gasteiger partial charge in [-0.15, -0.1) is 0 Å². The summed E-state index contributed by atoms with van der Waals surface area (Å²) in [5.41, 5.74) is 6.19. The Morgan fingerprint density at radius 1 is 1.35 bits per heavy atom. The van der Waals surface area contributed by atoms with Crippen LogP contribution in [0.1, 0.15) is 39.0 Å². The van der Waals surface area contributed by atoms with Crippen molar-refractivity contribution in [3.8, 4) is 0 Å². The molecular formula is C15H21Cl2NOS. The van der Waals surface area contributed by atoms with E-state index in [9.17, 15) is 4.21 Å². The third kappa shape index (κ3) is 3.76. The third-order valence-electron chi connectivity index (χ3n) is 4.03. The van der Waals surface area contributed by atoms with Gasteiger partial charge in [-0.1, -0.05) is 43.0 Å². The van der Waals surface area contributed by atoms with E-state index in [0.29, 0.717) is 20.9 Å². The fraction of sp³-hybridized carbons (Fsp3) is 0.600. The van der Waals surface area contributed by atoms with Gasteiger partial charge in [0.25, 0.3) is 0 Å². The van der Waals surface area contributed by atoms with Gasteiger partial charge in [0.1, 0.15) is 0 Å². The molecular weight excluding hydrogens is 313 g/mol. The monoisotopic (exact) mass is 333 g/mol. The van der Waals surface area contributed by atoms with Gasteiger partial charge in [-0.05, 0) is 43.4 Å². The first kappa shape index (κ1) is 16.3. The second kappa shape index (κ2) is 7.26. The average Bonchev–Trinajstić information content (AvgIpc) is 2.43. The molecule has 0 heterocycles. The van der Waals surface area contributed by atoms with Crippen molar-refractivity contribution >= 4 is 34.0 Å². The maximum atomic E-state index is 12.8. The number of rotatable bonds is 4. The first-order valence-corrected chi connectivity index (χ1v) is 9.11. The van der Waals surface area contributed by atoms with Crippen LogP contribution in [0, 0.1) is 5.92 Å². The summed E-state index contributed by atoms with van der Waals surface area (Å²) in [4.78, 5) is 0.622. The SMILES string of the molecule is CCCC1CCC(N)C(S(=O)c2cc(Cl)ccc2Cl)C1. The summed E-state index contributed by atoms with van der Waals surface area (Å²) in [5, 5.41) is 1.06. The van der Waals surface area contributed by atoms with Crippen LogP contribution in [0.3, 0.4) is 0 Å². The van der Waals surface area contributed by atoms with Crippen LogP contribution < -0.4 is 5.73 Å². The normalized spacial score (nSPS) is 28.3. The maximum Gasteiger partial charge on any atom is 0.0592 e. The lowest BCUT2D eigenvalue weighted by atomic mass is 9.83. The van der Waals surface area contributed by atoms with E-state index >= 15 is 0 Å². The molecule has 2 N–H and O–H groups in total. The van der Waals surface area contributed by atoms with Gasteiger partial charge in [0.2, 0.25) is 0 Å². The van der Waals surface area contributed by atoms with Crippen LogP contribution in [0.15, 0.2) is 23.1 Å². The minimum atomic E-state index is -1.19. The Kier molecular flexibility index (Phi) is 5.91. The van der Waals surface area contributed by atoms with Crippen molar-refractivity contribution in [3.63, 3.8) is 0 Å². The van der Waals surface area contributed by atoms with Gasteiger partial charge < -0.3 is 5.73 Å². The van der Waals surface area contributed by atoms with Crippen molar-refractivity contribution in [2.24, 2.45) is 11.7 Å². The Morgan fingerprint density at radius 2 is 2.10 bits per heavy atom. The first-order chi connectivity index (χ1) is 9.52. The van der Waals surface area contributed by atoms with Gasteiger partial charge in [-0.25, -0.2) is 0 Å². The second-order valence-electron chi connectivity index (χ2n) is 5.54. The van der Waals surface area contributed by atoms with E-state index in [2.05, 4.69) is 6.92 Å². The molecule has 0 aliphatic heterocycles. The summed E-state index contributed by atoms with van der Waals surface area (Å²) in [6, 6.07) is 5.11. The van der Waals surface area contributed by atoms with Crippen molar-refractivity contribution in [1.82, 2.24) is 0 Å².